The van der Waals surface area contributed by atoms with E-state index in [2.05, 4.69) is 5.32 Å². The van der Waals surface area contributed by atoms with Crippen LogP contribution in [0.15, 0.2) is 58.5 Å². The maximum absolute atomic E-state index is 12.4. The minimum Gasteiger partial charge on any atom is -0.457 e. The third-order valence-electron chi connectivity index (χ3n) is 3.88. The molecule has 0 atom stereocenters. The van der Waals surface area contributed by atoms with Gasteiger partial charge in [-0.1, -0.05) is 34.8 Å². The number of halogens is 3. The normalized spacial score (nSPS) is 11.1. The molecule has 3 rings (SSSR count). The number of carbonyl (C=O) groups excluding carboxylic acids is 1. The van der Waals surface area contributed by atoms with Crippen molar-refractivity contribution in [3.63, 3.8) is 0 Å². The number of nitrogens with one attached hydrogen (secondary N) is 1. The highest BCUT2D eigenvalue weighted by molar-refractivity contribution is 6.36. The lowest BCUT2D eigenvalue weighted by molar-refractivity contribution is -0.384. The van der Waals surface area contributed by atoms with Gasteiger partial charge in [0.05, 0.1) is 15.6 Å². The predicted octanol–water partition coefficient (Wildman–Crippen LogP) is 6.36. The van der Waals surface area contributed by atoms with Crippen LogP contribution in [0.2, 0.25) is 15.1 Å². The fourth-order valence-corrected chi connectivity index (χ4v) is 2.99. The van der Waals surface area contributed by atoms with Crippen LogP contribution in [0.25, 0.3) is 17.4 Å². The third kappa shape index (κ3) is 4.81. The lowest BCUT2D eigenvalue weighted by atomic mass is 10.1. The summed E-state index contributed by atoms with van der Waals surface area (Å²) in [6.45, 7) is 0. The zero-order valence-electron chi connectivity index (χ0n) is 14.9. The van der Waals surface area contributed by atoms with Crippen LogP contribution in [-0.2, 0) is 4.79 Å². The average molecular weight is 463 g/mol. The minimum absolute atomic E-state index is 0.00135. The van der Waals surface area contributed by atoms with E-state index in [0.717, 1.165) is 0 Å². The average Bonchev–Trinajstić information content (AvgIpc) is 3.17. The molecule has 0 fully saturated rings. The summed E-state index contributed by atoms with van der Waals surface area (Å²) >= 11 is 17.7. The molecule has 1 heterocycles. The largest absolute Gasteiger partial charge is 0.457 e. The van der Waals surface area contributed by atoms with Gasteiger partial charge in [0.25, 0.3) is 11.6 Å². The first-order chi connectivity index (χ1) is 14.3. The van der Waals surface area contributed by atoms with Gasteiger partial charge in [-0.15, -0.1) is 0 Å². The zero-order valence-corrected chi connectivity index (χ0v) is 17.1. The summed E-state index contributed by atoms with van der Waals surface area (Å²) < 4.78 is 5.60. The number of amides is 1. The Kier molecular flexibility index (Phi) is 6.43. The summed E-state index contributed by atoms with van der Waals surface area (Å²) in [6, 6.07) is 13.6. The fourth-order valence-electron chi connectivity index (χ4n) is 2.47. The molecule has 2 aromatic carbocycles. The SMILES string of the molecule is N#C/C(=C\c1ccc(-c2ccc(Cl)c([N+](=O)[O-])c2)o1)C(=O)Nc1cc(Cl)ccc1Cl. The van der Waals surface area contributed by atoms with Crippen molar-refractivity contribution in [3.8, 4) is 17.4 Å². The van der Waals surface area contributed by atoms with Gasteiger partial charge >= 0.3 is 0 Å². The molecule has 10 heteroatoms. The molecule has 3 aromatic rings. The monoisotopic (exact) mass is 461 g/mol. The molecule has 150 valence electrons. The second-order valence-corrected chi connectivity index (χ2v) is 7.12. The van der Waals surface area contributed by atoms with Gasteiger partial charge in [0.1, 0.15) is 28.2 Å². The van der Waals surface area contributed by atoms with Crippen LogP contribution >= 0.6 is 34.8 Å². The molecule has 1 N–H and O–H groups in total. The van der Waals surface area contributed by atoms with E-state index >= 15 is 0 Å². The summed E-state index contributed by atoms with van der Waals surface area (Å²) in [5.41, 5.74) is 0.163. The van der Waals surface area contributed by atoms with Crippen molar-refractivity contribution in [2.45, 2.75) is 0 Å². The lowest BCUT2D eigenvalue weighted by Crippen LogP contribution is -2.13. The van der Waals surface area contributed by atoms with E-state index < -0.39 is 10.8 Å². The van der Waals surface area contributed by atoms with Crippen LogP contribution in [0, 0.1) is 21.4 Å². The van der Waals surface area contributed by atoms with Gasteiger partial charge in [0, 0.05) is 22.7 Å². The van der Waals surface area contributed by atoms with Crippen LogP contribution in [0.5, 0.6) is 0 Å². The summed E-state index contributed by atoms with van der Waals surface area (Å²) in [5.74, 6) is -0.204. The number of carbonyl (C=O) groups is 1. The van der Waals surface area contributed by atoms with E-state index in [-0.39, 0.29) is 32.8 Å². The molecule has 0 aliphatic rings. The van der Waals surface area contributed by atoms with Gasteiger partial charge in [-0.25, -0.2) is 0 Å². The second-order valence-electron chi connectivity index (χ2n) is 5.87. The Morgan fingerprint density at radius 2 is 1.83 bits per heavy atom. The molecule has 0 spiro atoms. The number of rotatable bonds is 5. The summed E-state index contributed by atoms with van der Waals surface area (Å²) in [7, 11) is 0. The molecule has 1 aromatic heterocycles. The molecule has 0 aliphatic heterocycles. The van der Waals surface area contributed by atoms with Crippen molar-refractivity contribution in [2.24, 2.45) is 0 Å². The van der Waals surface area contributed by atoms with E-state index in [9.17, 15) is 20.2 Å². The van der Waals surface area contributed by atoms with Crippen molar-refractivity contribution in [1.29, 1.82) is 5.26 Å². The number of anilines is 1. The van der Waals surface area contributed by atoms with Crippen molar-refractivity contribution in [1.82, 2.24) is 0 Å². The molecule has 0 aliphatic carbocycles. The molecule has 30 heavy (non-hydrogen) atoms. The van der Waals surface area contributed by atoms with E-state index in [0.29, 0.717) is 16.3 Å². The first kappa shape index (κ1) is 21.4. The highest BCUT2D eigenvalue weighted by atomic mass is 35.5. The van der Waals surface area contributed by atoms with Gasteiger partial charge in [-0.05, 0) is 42.5 Å². The van der Waals surface area contributed by atoms with E-state index in [4.69, 9.17) is 39.2 Å². The van der Waals surface area contributed by atoms with E-state index in [1.807, 2.05) is 0 Å². The number of hydrogen-bond donors (Lipinski definition) is 1. The molecular formula is C20H10Cl3N3O4. The number of nitro benzene ring substituents is 1. The van der Waals surface area contributed by atoms with Gasteiger partial charge in [-0.2, -0.15) is 5.26 Å². The smallest absolute Gasteiger partial charge is 0.288 e. The predicted molar refractivity (Wildman–Crippen MR) is 114 cm³/mol. The quantitative estimate of drug-likeness (QED) is 0.205. The maximum atomic E-state index is 12.4. The minimum atomic E-state index is -0.707. The van der Waals surface area contributed by atoms with Crippen LogP contribution in [0.1, 0.15) is 5.76 Å². The fraction of sp³-hybridized carbons (Fsp3) is 0. The molecule has 0 bridgehead atoms. The third-order valence-corrected chi connectivity index (χ3v) is 4.77. The second kappa shape index (κ2) is 9.01. The highest BCUT2D eigenvalue weighted by Gasteiger charge is 2.16. The summed E-state index contributed by atoms with van der Waals surface area (Å²) in [5, 5.41) is 23.5. The Labute approximate surface area is 185 Å². The van der Waals surface area contributed by atoms with Crippen molar-refractivity contribution < 1.29 is 14.1 Å². The summed E-state index contributed by atoms with van der Waals surface area (Å²) in [4.78, 5) is 22.9. The number of nitro groups is 1. The number of furan rings is 1. The molecule has 0 unspecified atom stereocenters. The van der Waals surface area contributed by atoms with Crippen molar-refractivity contribution in [2.75, 3.05) is 5.32 Å². The summed E-state index contributed by atoms with van der Waals surface area (Å²) in [6.07, 6.45) is 1.24. The van der Waals surface area contributed by atoms with Crippen LogP contribution in [0.4, 0.5) is 11.4 Å². The molecular weight excluding hydrogens is 453 g/mol. The Morgan fingerprint density at radius 3 is 2.53 bits per heavy atom. The Morgan fingerprint density at radius 1 is 1.10 bits per heavy atom. The Balaban J connectivity index is 1.86. The molecule has 7 nitrogen and oxygen atoms in total. The van der Waals surface area contributed by atoms with Crippen LogP contribution in [-0.4, -0.2) is 10.8 Å². The topological polar surface area (TPSA) is 109 Å². The van der Waals surface area contributed by atoms with Crippen molar-refractivity contribution >= 4 is 58.2 Å². The lowest BCUT2D eigenvalue weighted by Gasteiger charge is -2.06. The molecule has 1 amide bonds. The first-order valence-electron chi connectivity index (χ1n) is 8.21. The number of nitriles is 1. The van der Waals surface area contributed by atoms with E-state index in [1.165, 1.54) is 36.4 Å². The number of hydrogen-bond acceptors (Lipinski definition) is 5. The maximum Gasteiger partial charge on any atom is 0.288 e. The Hall–Kier alpha value is -3.31. The number of benzene rings is 2. The van der Waals surface area contributed by atoms with Gasteiger partial charge in [0.15, 0.2) is 0 Å². The van der Waals surface area contributed by atoms with E-state index in [1.54, 1.807) is 24.3 Å². The molecule has 0 radical (unpaired) electrons. The molecule has 0 saturated heterocycles. The zero-order chi connectivity index (χ0) is 21.8. The van der Waals surface area contributed by atoms with Gasteiger partial charge in [-0.3, -0.25) is 14.9 Å². The Bertz CT molecular complexity index is 1230. The van der Waals surface area contributed by atoms with Gasteiger partial charge < -0.3 is 9.73 Å². The standard InChI is InChI=1S/C20H10Cl3N3O4/c21-13-2-5-15(22)17(9-13)25-20(27)12(10-24)7-14-3-6-19(30-14)11-1-4-16(23)18(8-11)26(28)29/h1-9H,(H,25,27)/b12-7+. The highest BCUT2D eigenvalue weighted by Crippen LogP contribution is 2.32. The van der Waals surface area contributed by atoms with Crippen molar-refractivity contribution in [3.05, 3.63) is 85.0 Å². The van der Waals surface area contributed by atoms with Crippen LogP contribution in [0.3, 0.4) is 0 Å². The molecule has 0 saturated carbocycles. The van der Waals surface area contributed by atoms with Gasteiger partial charge in [0.2, 0.25) is 0 Å². The first-order valence-corrected chi connectivity index (χ1v) is 9.34. The number of nitrogens with zero attached hydrogens (tertiary/aromatic N) is 2. The van der Waals surface area contributed by atoms with Crippen LogP contribution < -0.4 is 5.32 Å².